The first kappa shape index (κ1) is 12.0. The number of hydrogen-bond donors (Lipinski definition) is 0. The van der Waals surface area contributed by atoms with Gasteiger partial charge in [0.1, 0.15) is 0 Å². The SMILES string of the molecule is CC(C)=CCN(C)CCC(C)Cl. The molecule has 12 heavy (non-hydrogen) atoms. The van der Waals surface area contributed by atoms with E-state index in [4.69, 9.17) is 11.6 Å². The summed E-state index contributed by atoms with van der Waals surface area (Å²) in [6.45, 7) is 8.40. The highest BCUT2D eigenvalue weighted by Gasteiger charge is 1.99. The lowest BCUT2D eigenvalue weighted by atomic mass is 10.3. The molecule has 0 aromatic carbocycles. The Bertz CT molecular complexity index is 137. The van der Waals surface area contributed by atoms with Crippen molar-refractivity contribution in [2.45, 2.75) is 32.6 Å². The van der Waals surface area contributed by atoms with Crippen LogP contribution in [0.4, 0.5) is 0 Å². The maximum Gasteiger partial charge on any atom is 0.0320 e. The van der Waals surface area contributed by atoms with E-state index in [9.17, 15) is 0 Å². The molecule has 0 heterocycles. The van der Waals surface area contributed by atoms with Crippen LogP contribution in [0.25, 0.3) is 0 Å². The topological polar surface area (TPSA) is 3.24 Å². The zero-order valence-corrected chi connectivity index (χ0v) is 9.36. The molecular weight excluding hydrogens is 170 g/mol. The van der Waals surface area contributed by atoms with Gasteiger partial charge in [-0.1, -0.05) is 11.6 Å². The Balaban J connectivity index is 3.46. The van der Waals surface area contributed by atoms with Crippen LogP contribution in [0.1, 0.15) is 27.2 Å². The van der Waals surface area contributed by atoms with Gasteiger partial charge in [-0.05, 0) is 40.8 Å². The molecule has 1 atom stereocenters. The van der Waals surface area contributed by atoms with Crippen LogP contribution in [-0.4, -0.2) is 30.4 Å². The minimum atomic E-state index is 0.291. The van der Waals surface area contributed by atoms with E-state index < -0.39 is 0 Å². The van der Waals surface area contributed by atoms with Crippen LogP contribution in [0.2, 0.25) is 0 Å². The summed E-state index contributed by atoms with van der Waals surface area (Å²) in [5, 5.41) is 0.291. The van der Waals surface area contributed by atoms with Gasteiger partial charge in [0.25, 0.3) is 0 Å². The number of rotatable bonds is 5. The van der Waals surface area contributed by atoms with Crippen molar-refractivity contribution >= 4 is 11.6 Å². The number of nitrogens with zero attached hydrogens (tertiary/aromatic N) is 1. The van der Waals surface area contributed by atoms with E-state index in [0.717, 1.165) is 19.5 Å². The number of alkyl halides is 1. The van der Waals surface area contributed by atoms with Crippen LogP contribution in [0, 0.1) is 0 Å². The molecule has 0 radical (unpaired) electrons. The van der Waals surface area contributed by atoms with E-state index in [1.807, 2.05) is 6.92 Å². The van der Waals surface area contributed by atoms with Gasteiger partial charge in [0.2, 0.25) is 0 Å². The van der Waals surface area contributed by atoms with Gasteiger partial charge in [-0.2, -0.15) is 0 Å². The fraction of sp³-hybridized carbons (Fsp3) is 0.800. The summed E-state index contributed by atoms with van der Waals surface area (Å²) in [5.74, 6) is 0. The second-order valence-electron chi connectivity index (χ2n) is 3.61. The molecule has 0 spiro atoms. The third kappa shape index (κ3) is 8.09. The Morgan fingerprint density at radius 3 is 2.50 bits per heavy atom. The van der Waals surface area contributed by atoms with Crippen molar-refractivity contribution in [2.24, 2.45) is 0 Å². The van der Waals surface area contributed by atoms with Crippen molar-refractivity contribution in [1.82, 2.24) is 4.90 Å². The smallest absolute Gasteiger partial charge is 0.0320 e. The van der Waals surface area contributed by atoms with E-state index in [2.05, 4.69) is 31.9 Å². The second-order valence-corrected chi connectivity index (χ2v) is 4.36. The Kier molecular flexibility index (Phi) is 6.49. The lowest BCUT2D eigenvalue weighted by Crippen LogP contribution is -2.21. The lowest BCUT2D eigenvalue weighted by molar-refractivity contribution is 0.363. The minimum Gasteiger partial charge on any atom is -0.303 e. The van der Waals surface area contributed by atoms with Crippen molar-refractivity contribution < 1.29 is 0 Å². The zero-order valence-electron chi connectivity index (χ0n) is 8.60. The number of hydrogen-bond acceptors (Lipinski definition) is 1. The van der Waals surface area contributed by atoms with Gasteiger partial charge in [0.05, 0.1) is 0 Å². The third-order valence-electron chi connectivity index (χ3n) is 1.72. The van der Waals surface area contributed by atoms with E-state index in [1.54, 1.807) is 0 Å². The van der Waals surface area contributed by atoms with Gasteiger partial charge in [0.15, 0.2) is 0 Å². The van der Waals surface area contributed by atoms with Crippen LogP contribution in [0.3, 0.4) is 0 Å². The summed E-state index contributed by atoms with van der Waals surface area (Å²) in [5.41, 5.74) is 1.38. The van der Waals surface area contributed by atoms with Gasteiger partial charge >= 0.3 is 0 Å². The van der Waals surface area contributed by atoms with Crippen molar-refractivity contribution in [1.29, 1.82) is 0 Å². The summed E-state index contributed by atoms with van der Waals surface area (Å²) in [7, 11) is 2.12. The van der Waals surface area contributed by atoms with E-state index in [0.29, 0.717) is 5.38 Å². The molecule has 0 aromatic heterocycles. The molecule has 0 rings (SSSR count). The second kappa shape index (κ2) is 6.50. The Labute approximate surface area is 81.4 Å². The van der Waals surface area contributed by atoms with Gasteiger partial charge in [-0.25, -0.2) is 0 Å². The predicted octanol–water partition coefficient (Wildman–Crippen LogP) is 2.90. The molecule has 0 fully saturated rings. The molecule has 0 bridgehead atoms. The summed E-state index contributed by atoms with van der Waals surface area (Å²) in [6, 6.07) is 0. The fourth-order valence-corrected chi connectivity index (χ4v) is 0.926. The average molecular weight is 190 g/mol. The van der Waals surface area contributed by atoms with Gasteiger partial charge in [-0.3, -0.25) is 0 Å². The standard InChI is InChI=1S/C10H20ClN/c1-9(2)5-7-12(4)8-6-10(3)11/h5,10H,6-8H2,1-4H3. The van der Waals surface area contributed by atoms with Crippen LogP contribution in [0.15, 0.2) is 11.6 Å². The highest BCUT2D eigenvalue weighted by Crippen LogP contribution is 2.01. The number of allylic oxidation sites excluding steroid dienone is 1. The van der Waals surface area contributed by atoms with Crippen molar-refractivity contribution in [3.8, 4) is 0 Å². The van der Waals surface area contributed by atoms with Crippen LogP contribution < -0.4 is 0 Å². The van der Waals surface area contributed by atoms with Crippen LogP contribution in [0.5, 0.6) is 0 Å². The molecule has 0 aliphatic rings. The summed E-state index contributed by atoms with van der Waals surface area (Å²) in [4.78, 5) is 2.28. The Morgan fingerprint density at radius 2 is 2.08 bits per heavy atom. The Morgan fingerprint density at radius 1 is 1.50 bits per heavy atom. The zero-order chi connectivity index (χ0) is 9.56. The molecule has 0 aliphatic carbocycles. The van der Waals surface area contributed by atoms with Crippen molar-refractivity contribution in [3.05, 3.63) is 11.6 Å². The molecule has 0 saturated heterocycles. The molecule has 1 nitrogen and oxygen atoms in total. The van der Waals surface area contributed by atoms with Gasteiger partial charge < -0.3 is 4.90 Å². The fourth-order valence-electron chi connectivity index (χ4n) is 0.828. The largest absolute Gasteiger partial charge is 0.303 e. The van der Waals surface area contributed by atoms with Gasteiger partial charge in [0, 0.05) is 11.9 Å². The van der Waals surface area contributed by atoms with E-state index in [-0.39, 0.29) is 0 Å². The number of halogens is 1. The summed E-state index contributed by atoms with van der Waals surface area (Å²) < 4.78 is 0. The molecular formula is C10H20ClN. The molecule has 0 saturated carbocycles. The first-order valence-corrected chi connectivity index (χ1v) is 4.92. The molecule has 0 aromatic rings. The van der Waals surface area contributed by atoms with Crippen molar-refractivity contribution in [3.63, 3.8) is 0 Å². The molecule has 0 aliphatic heterocycles. The minimum absolute atomic E-state index is 0.291. The molecule has 1 unspecified atom stereocenters. The first-order chi connectivity index (χ1) is 5.52. The predicted molar refractivity (Wildman–Crippen MR) is 56.9 cm³/mol. The summed E-state index contributed by atoms with van der Waals surface area (Å²) in [6.07, 6.45) is 3.30. The molecule has 2 heteroatoms. The molecule has 0 N–H and O–H groups in total. The normalized spacial score (nSPS) is 13.2. The Hall–Kier alpha value is -0.0100. The van der Waals surface area contributed by atoms with E-state index >= 15 is 0 Å². The average Bonchev–Trinajstić information content (AvgIpc) is 1.96. The van der Waals surface area contributed by atoms with Crippen LogP contribution >= 0.6 is 11.6 Å². The molecule has 0 amide bonds. The van der Waals surface area contributed by atoms with Crippen molar-refractivity contribution in [2.75, 3.05) is 20.1 Å². The quantitative estimate of drug-likeness (QED) is 0.475. The van der Waals surface area contributed by atoms with E-state index in [1.165, 1.54) is 5.57 Å². The highest BCUT2D eigenvalue weighted by atomic mass is 35.5. The maximum atomic E-state index is 5.84. The van der Waals surface area contributed by atoms with Crippen LogP contribution in [-0.2, 0) is 0 Å². The highest BCUT2D eigenvalue weighted by molar-refractivity contribution is 6.20. The molecule has 72 valence electrons. The third-order valence-corrected chi connectivity index (χ3v) is 1.94. The van der Waals surface area contributed by atoms with Gasteiger partial charge in [-0.15, -0.1) is 11.6 Å². The monoisotopic (exact) mass is 189 g/mol. The summed E-state index contributed by atoms with van der Waals surface area (Å²) >= 11 is 5.84. The maximum absolute atomic E-state index is 5.84. The first-order valence-electron chi connectivity index (χ1n) is 4.48. The number of likely N-dealkylation sites (N-methyl/N-ethyl adjacent to an activating group) is 1. The lowest BCUT2D eigenvalue weighted by Gasteiger charge is -2.15.